The quantitative estimate of drug-likeness (QED) is 0.687. The number of hydrogen-bond acceptors (Lipinski definition) is 3. The molecular formula is C12H26N2O2S. The van der Waals surface area contributed by atoms with Crippen LogP contribution >= 0.6 is 0 Å². The Kier molecular flexibility index (Phi) is 7.63. The molecule has 0 radical (unpaired) electrons. The summed E-state index contributed by atoms with van der Waals surface area (Å²) in [5.41, 5.74) is -0.167. The molecule has 0 spiro atoms. The Labute approximate surface area is 107 Å². The van der Waals surface area contributed by atoms with Gasteiger partial charge in [0.25, 0.3) is 0 Å². The predicted octanol–water partition coefficient (Wildman–Crippen LogP) is 1.04. The van der Waals surface area contributed by atoms with Crippen LogP contribution in [0.5, 0.6) is 0 Å². The summed E-state index contributed by atoms with van der Waals surface area (Å²) >= 11 is 0. The van der Waals surface area contributed by atoms with Crippen molar-refractivity contribution >= 4 is 16.7 Å². The monoisotopic (exact) mass is 262 g/mol. The van der Waals surface area contributed by atoms with Crippen molar-refractivity contribution in [1.82, 2.24) is 10.6 Å². The van der Waals surface area contributed by atoms with Crippen LogP contribution in [-0.4, -0.2) is 39.7 Å². The molecule has 0 rings (SSSR count). The second-order valence-corrected chi connectivity index (χ2v) is 6.70. The molecule has 0 saturated carbocycles. The summed E-state index contributed by atoms with van der Waals surface area (Å²) in [4.78, 5) is 11.8. The first-order chi connectivity index (χ1) is 7.82. The lowest BCUT2D eigenvalue weighted by molar-refractivity contribution is -0.124. The van der Waals surface area contributed by atoms with Crippen LogP contribution < -0.4 is 10.6 Å². The predicted molar refractivity (Wildman–Crippen MR) is 73.5 cm³/mol. The lowest BCUT2D eigenvalue weighted by atomic mass is 10.0. The average molecular weight is 262 g/mol. The van der Waals surface area contributed by atoms with E-state index in [1.807, 2.05) is 34.6 Å². The molecule has 0 saturated heterocycles. The summed E-state index contributed by atoms with van der Waals surface area (Å²) in [6.45, 7) is 10.4. The van der Waals surface area contributed by atoms with Crippen molar-refractivity contribution in [2.24, 2.45) is 0 Å². The number of carbonyl (C=O) groups is 1. The Bertz CT molecular complexity index is 267. The molecule has 2 unspecified atom stereocenters. The lowest BCUT2D eigenvalue weighted by Gasteiger charge is -2.26. The fraction of sp³-hybridized carbons (Fsp3) is 0.917. The molecule has 0 bridgehead atoms. The molecule has 0 aliphatic heterocycles. The fourth-order valence-corrected chi connectivity index (χ4v) is 1.79. The standard InChI is InChI=1S/C12H26N2O2S/c1-6-12(4,5)14-11(15)10(3)13-8-9-17(16)7-2/h10,13H,6-9H2,1-5H3,(H,14,15). The fourth-order valence-electron chi connectivity index (χ4n) is 1.16. The Morgan fingerprint density at radius 3 is 2.41 bits per heavy atom. The van der Waals surface area contributed by atoms with Gasteiger partial charge < -0.3 is 10.6 Å². The van der Waals surface area contributed by atoms with Crippen LogP contribution in [0, 0.1) is 0 Å². The zero-order chi connectivity index (χ0) is 13.5. The highest BCUT2D eigenvalue weighted by atomic mass is 32.2. The van der Waals surface area contributed by atoms with E-state index in [1.165, 1.54) is 0 Å². The molecule has 4 nitrogen and oxygen atoms in total. The van der Waals surface area contributed by atoms with Gasteiger partial charge in [0.15, 0.2) is 0 Å². The summed E-state index contributed by atoms with van der Waals surface area (Å²) in [7, 11) is -0.771. The van der Waals surface area contributed by atoms with Crippen molar-refractivity contribution in [3.8, 4) is 0 Å². The minimum Gasteiger partial charge on any atom is -0.350 e. The van der Waals surface area contributed by atoms with Gasteiger partial charge in [-0.3, -0.25) is 9.00 Å². The van der Waals surface area contributed by atoms with Gasteiger partial charge in [-0.25, -0.2) is 0 Å². The number of nitrogens with one attached hydrogen (secondary N) is 2. The van der Waals surface area contributed by atoms with Crippen molar-refractivity contribution in [2.45, 2.75) is 52.6 Å². The molecule has 0 aliphatic rings. The van der Waals surface area contributed by atoms with Crippen molar-refractivity contribution in [1.29, 1.82) is 0 Å². The third-order valence-corrected chi connectivity index (χ3v) is 4.14. The van der Waals surface area contributed by atoms with Crippen molar-refractivity contribution < 1.29 is 9.00 Å². The second kappa shape index (κ2) is 7.82. The number of carbonyl (C=O) groups excluding carboxylic acids is 1. The zero-order valence-electron chi connectivity index (χ0n) is 11.6. The molecule has 0 aromatic heterocycles. The van der Waals surface area contributed by atoms with Gasteiger partial charge in [-0.1, -0.05) is 13.8 Å². The molecular weight excluding hydrogens is 236 g/mol. The lowest BCUT2D eigenvalue weighted by Crippen LogP contribution is -2.51. The number of rotatable bonds is 8. The van der Waals surface area contributed by atoms with Crippen LogP contribution in [0.2, 0.25) is 0 Å². The van der Waals surface area contributed by atoms with Gasteiger partial charge in [-0.05, 0) is 27.2 Å². The average Bonchev–Trinajstić information content (AvgIpc) is 2.28. The summed E-state index contributed by atoms with van der Waals surface area (Å²) in [6, 6.07) is -0.241. The maximum absolute atomic E-state index is 11.8. The topological polar surface area (TPSA) is 58.2 Å². The Morgan fingerprint density at radius 2 is 1.94 bits per heavy atom. The molecule has 0 aliphatic carbocycles. The first-order valence-electron chi connectivity index (χ1n) is 6.22. The molecule has 5 heteroatoms. The van der Waals surface area contributed by atoms with Crippen LogP contribution in [0.3, 0.4) is 0 Å². The van der Waals surface area contributed by atoms with Crippen molar-refractivity contribution in [3.63, 3.8) is 0 Å². The van der Waals surface area contributed by atoms with E-state index in [0.29, 0.717) is 18.1 Å². The Balaban J connectivity index is 3.94. The highest BCUT2D eigenvalue weighted by Crippen LogP contribution is 2.06. The smallest absolute Gasteiger partial charge is 0.237 e. The summed E-state index contributed by atoms with van der Waals surface area (Å²) in [5.74, 6) is 1.27. The van der Waals surface area contributed by atoms with Gasteiger partial charge in [0, 0.05) is 34.4 Å². The normalized spacial score (nSPS) is 15.4. The molecule has 0 heterocycles. The first kappa shape index (κ1) is 16.6. The van der Waals surface area contributed by atoms with Gasteiger partial charge >= 0.3 is 0 Å². The van der Waals surface area contributed by atoms with Crippen molar-refractivity contribution in [2.75, 3.05) is 18.1 Å². The Morgan fingerprint density at radius 1 is 1.35 bits per heavy atom. The molecule has 17 heavy (non-hydrogen) atoms. The highest BCUT2D eigenvalue weighted by Gasteiger charge is 2.21. The van der Waals surface area contributed by atoms with E-state index in [9.17, 15) is 9.00 Å². The molecule has 2 N–H and O–H groups in total. The molecule has 1 amide bonds. The zero-order valence-corrected chi connectivity index (χ0v) is 12.4. The first-order valence-corrected chi connectivity index (χ1v) is 7.71. The molecule has 0 aromatic rings. The van der Waals surface area contributed by atoms with E-state index in [1.54, 1.807) is 0 Å². The molecule has 0 aromatic carbocycles. The minimum absolute atomic E-state index is 0.000805. The van der Waals surface area contributed by atoms with Crippen LogP contribution in [0.4, 0.5) is 0 Å². The van der Waals surface area contributed by atoms with E-state index in [-0.39, 0.29) is 17.5 Å². The number of amides is 1. The maximum Gasteiger partial charge on any atom is 0.237 e. The van der Waals surface area contributed by atoms with Crippen LogP contribution in [-0.2, 0) is 15.6 Å². The number of hydrogen-bond donors (Lipinski definition) is 2. The second-order valence-electron chi connectivity index (χ2n) is 4.84. The van der Waals surface area contributed by atoms with E-state index < -0.39 is 10.8 Å². The van der Waals surface area contributed by atoms with Crippen LogP contribution in [0.25, 0.3) is 0 Å². The molecule has 102 valence electrons. The van der Waals surface area contributed by atoms with Gasteiger partial charge in [0.05, 0.1) is 6.04 Å². The largest absolute Gasteiger partial charge is 0.350 e. The summed E-state index contributed by atoms with van der Waals surface area (Å²) in [6.07, 6.45) is 0.894. The third-order valence-electron chi connectivity index (χ3n) is 2.84. The highest BCUT2D eigenvalue weighted by molar-refractivity contribution is 7.84. The van der Waals surface area contributed by atoms with Crippen LogP contribution in [0.1, 0.15) is 41.0 Å². The van der Waals surface area contributed by atoms with E-state index in [4.69, 9.17) is 0 Å². The van der Waals surface area contributed by atoms with Gasteiger partial charge in [0.2, 0.25) is 5.91 Å². The molecule has 2 atom stereocenters. The maximum atomic E-state index is 11.8. The molecule has 0 fully saturated rings. The van der Waals surface area contributed by atoms with Gasteiger partial charge in [-0.15, -0.1) is 0 Å². The summed E-state index contributed by atoms with van der Waals surface area (Å²) < 4.78 is 11.2. The van der Waals surface area contributed by atoms with E-state index in [0.717, 1.165) is 6.42 Å². The minimum atomic E-state index is -0.771. The third kappa shape index (κ3) is 7.49. The van der Waals surface area contributed by atoms with Crippen LogP contribution in [0.15, 0.2) is 0 Å². The SMILES string of the molecule is CCS(=O)CCNC(C)C(=O)NC(C)(C)CC. The van der Waals surface area contributed by atoms with E-state index in [2.05, 4.69) is 10.6 Å². The van der Waals surface area contributed by atoms with Crippen molar-refractivity contribution in [3.05, 3.63) is 0 Å². The Hall–Kier alpha value is -0.420. The van der Waals surface area contributed by atoms with E-state index >= 15 is 0 Å². The van der Waals surface area contributed by atoms with Gasteiger partial charge in [0.1, 0.15) is 0 Å². The van der Waals surface area contributed by atoms with Gasteiger partial charge in [-0.2, -0.15) is 0 Å². The summed E-state index contributed by atoms with van der Waals surface area (Å²) in [5, 5.41) is 6.07.